The number of nitrogens with zero attached hydrogens (tertiary/aromatic N) is 2. The number of hydrogen-bond donors (Lipinski definition) is 0. The highest BCUT2D eigenvalue weighted by molar-refractivity contribution is 5.80. The Bertz CT molecular complexity index is 1010. The van der Waals surface area contributed by atoms with Crippen LogP contribution in [0.5, 0.6) is 0 Å². The lowest BCUT2D eigenvalue weighted by molar-refractivity contribution is -0.137. The average molecular weight is 354 g/mol. The van der Waals surface area contributed by atoms with E-state index in [0.717, 1.165) is 54.7 Å². The van der Waals surface area contributed by atoms with Crippen molar-refractivity contribution in [3.63, 3.8) is 0 Å². The van der Waals surface area contributed by atoms with E-state index in [1.54, 1.807) is 0 Å². The molecule has 26 heavy (non-hydrogen) atoms. The van der Waals surface area contributed by atoms with Crippen molar-refractivity contribution in [3.05, 3.63) is 76.5 Å². The molecule has 1 aromatic heterocycles. The minimum absolute atomic E-state index is 0.267. The van der Waals surface area contributed by atoms with E-state index in [1.165, 1.54) is 17.2 Å². The Balaban J connectivity index is 1.59. The van der Waals surface area contributed by atoms with Gasteiger partial charge < -0.3 is 0 Å². The third kappa shape index (κ3) is 2.50. The van der Waals surface area contributed by atoms with Crippen LogP contribution in [0.1, 0.15) is 34.0 Å². The molecule has 0 N–H and O–H groups in total. The summed E-state index contributed by atoms with van der Waals surface area (Å²) in [5.74, 6) is 0. The van der Waals surface area contributed by atoms with Crippen molar-refractivity contribution in [1.82, 2.24) is 9.88 Å². The fourth-order valence-electron chi connectivity index (χ4n) is 4.27. The number of rotatable bonds is 0. The van der Waals surface area contributed by atoms with E-state index >= 15 is 0 Å². The van der Waals surface area contributed by atoms with Crippen molar-refractivity contribution in [2.45, 2.75) is 31.6 Å². The molecular weight excluding hydrogens is 337 g/mol. The lowest BCUT2D eigenvalue weighted by Gasteiger charge is -2.41. The fraction of sp³-hybridized carbons (Fsp3) is 0.286. The highest BCUT2D eigenvalue weighted by Crippen LogP contribution is 2.38. The molecule has 0 bridgehead atoms. The van der Waals surface area contributed by atoms with Gasteiger partial charge in [0, 0.05) is 36.6 Å². The fourth-order valence-corrected chi connectivity index (χ4v) is 4.27. The largest absolute Gasteiger partial charge is 0.416 e. The second-order valence-corrected chi connectivity index (χ2v) is 7.14. The second kappa shape index (κ2) is 5.55. The molecule has 132 valence electrons. The van der Waals surface area contributed by atoms with E-state index in [0.29, 0.717) is 5.52 Å². The monoisotopic (exact) mass is 354 g/mol. The Morgan fingerprint density at radius 3 is 2.69 bits per heavy atom. The molecule has 2 aliphatic heterocycles. The van der Waals surface area contributed by atoms with E-state index in [1.807, 2.05) is 6.07 Å². The summed E-state index contributed by atoms with van der Waals surface area (Å²) in [6.07, 6.45) is -2.55. The Labute approximate surface area is 149 Å². The smallest absolute Gasteiger partial charge is 0.291 e. The first-order valence-electron chi connectivity index (χ1n) is 8.81. The first kappa shape index (κ1) is 15.8. The van der Waals surface area contributed by atoms with E-state index in [-0.39, 0.29) is 6.04 Å². The van der Waals surface area contributed by atoms with Crippen LogP contribution in [-0.4, -0.2) is 16.4 Å². The molecular formula is C21H17F3N2. The standard InChI is InChI=1S/C21H17F3N2/c22-21(23,24)16-6-5-14-9-15-12-26-8-7-13-3-1-2-4-17(13)20(26)11-19(15)25-18(14)10-16/h1-6,9-10,20H,7-8,11-12H2. The maximum atomic E-state index is 13.0. The summed E-state index contributed by atoms with van der Waals surface area (Å²) in [5.41, 5.74) is 4.55. The molecule has 0 amide bonds. The molecule has 3 heterocycles. The van der Waals surface area contributed by atoms with Crippen LogP contribution >= 0.6 is 0 Å². The number of aromatic nitrogens is 1. The third-order valence-electron chi connectivity index (χ3n) is 5.60. The highest BCUT2D eigenvalue weighted by atomic mass is 19.4. The summed E-state index contributed by atoms with van der Waals surface area (Å²) in [7, 11) is 0. The zero-order valence-electron chi connectivity index (χ0n) is 14.1. The quantitative estimate of drug-likeness (QED) is 0.570. The molecule has 0 saturated carbocycles. The van der Waals surface area contributed by atoms with E-state index in [4.69, 9.17) is 0 Å². The number of hydrogen-bond acceptors (Lipinski definition) is 2. The Morgan fingerprint density at radius 2 is 1.85 bits per heavy atom. The van der Waals surface area contributed by atoms with Gasteiger partial charge in [0.25, 0.3) is 0 Å². The molecule has 0 saturated heterocycles. The second-order valence-electron chi connectivity index (χ2n) is 7.14. The first-order chi connectivity index (χ1) is 12.5. The maximum Gasteiger partial charge on any atom is 0.416 e. The van der Waals surface area contributed by atoms with E-state index in [9.17, 15) is 13.2 Å². The number of alkyl halides is 3. The number of fused-ring (bicyclic) bond motifs is 5. The molecule has 0 radical (unpaired) electrons. The van der Waals surface area contributed by atoms with Gasteiger partial charge in [-0.3, -0.25) is 9.88 Å². The van der Waals surface area contributed by atoms with Crippen LogP contribution in [0.3, 0.4) is 0 Å². The topological polar surface area (TPSA) is 16.1 Å². The van der Waals surface area contributed by atoms with Crippen molar-refractivity contribution < 1.29 is 13.2 Å². The van der Waals surface area contributed by atoms with E-state index < -0.39 is 11.7 Å². The number of benzene rings is 2. The van der Waals surface area contributed by atoms with Crippen molar-refractivity contribution >= 4 is 10.9 Å². The average Bonchev–Trinajstić information content (AvgIpc) is 2.63. The summed E-state index contributed by atoms with van der Waals surface area (Å²) < 4.78 is 39.0. The minimum atomic E-state index is -4.34. The highest BCUT2D eigenvalue weighted by Gasteiger charge is 2.33. The molecule has 2 nitrogen and oxygen atoms in total. The van der Waals surface area contributed by atoms with Crippen LogP contribution in [0.4, 0.5) is 13.2 Å². The van der Waals surface area contributed by atoms with Crippen LogP contribution in [-0.2, 0) is 25.6 Å². The molecule has 0 spiro atoms. The summed E-state index contributed by atoms with van der Waals surface area (Å²) in [5, 5.41) is 0.771. The minimum Gasteiger partial charge on any atom is -0.291 e. The van der Waals surface area contributed by atoms with Gasteiger partial charge >= 0.3 is 6.18 Å². The Morgan fingerprint density at radius 1 is 1.00 bits per heavy atom. The predicted molar refractivity (Wildman–Crippen MR) is 93.7 cm³/mol. The normalized spacial score (nSPS) is 19.7. The van der Waals surface area contributed by atoms with Gasteiger partial charge in [-0.05, 0) is 41.3 Å². The first-order valence-corrected chi connectivity index (χ1v) is 8.81. The van der Waals surface area contributed by atoms with Crippen molar-refractivity contribution in [2.75, 3.05) is 6.54 Å². The zero-order valence-corrected chi connectivity index (χ0v) is 14.1. The van der Waals surface area contributed by atoms with Crippen LogP contribution in [0.25, 0.3) is 10.9 Å². The van der Waals surface area contributed by atoms with Crippen LogP contribution < -0.4 is 0 Å². The lowest BCUT2D eigenvalue weighted by Crippen LogP contribution is -2.39. The van der Waals surface area contributed by atoms with Gasteiger partial charge in [-0.25, -0.2) is 0 Å². The SMILES string of the molecule is FC(F)(F)c1ccc2cc3c(nc2c1)CC1c2ccccc2CCN1C3. The molecule has 5 heteroatoms. The molecule has 5 rings (SSSR count). The van der Waals surface area contributed by atoms with Crippen LogP contribution in [0, 0.1) is 0 Å². The summed E-state index contributed by atoms with van der Waals surface area (Å²) >= 11 is 0. The summed E-state index contributed by atoms with van der Waals surface area (Å²) in [6.45, 7) is 1.81. The van der Waals surface area contributed by atoms with E-state index in [2.05, 4.69) is 34.1 Å². The summed E-state index contributed by atoms with van der Waals surface area (Å²) in [6, 6.07) is 14.6. The van der Waals surface area contributed by atoms with Gasteiger partial charge in [0.2, 0.25) is 0 Å². The van der Waals surface area contributed by atoms with Crippen molar-refractivity contribution in [1.29, 1.82) is 0 Å². The van der Waals surface area contributed by atoms with Gasteiger partial charge in [-0.15, -0.1) is 0 Å². The summed E-state index contributed by atoms with van der Waals surface area (Å²) in [4.78, 5) is 7.09. The zero-order chi connectivity index (χ0) is 17.9. The number of pyridine rings is 1. The predicted octanol–water partition coefficient (Wildman–Crippen LogP) is 4.91. The molecule has 1 unspecified atom stereocenters. The van der Waals surface area contributed by atoms with Gasteiger partial charge in [-0.1, -0.05) is 30.3 Å². The molecule has 2 aliphatic rings. The molecule has 1 atom stereocenters. The molecule has 3 aromatic rings. The van der Waals surface area contributed by atoms with Gasteiger partial charge in [-0.2, -0.15) is 13.2 Å². The third-order valence-corrected chi connectivity index (χ3v) is 5.60. The lowest BCUT2D eigenvalue weighted by atomic mass is 9.86. The molecule has 0 aliphatic carbocycles. The molecule has 0 fully saturated rings. The number of halogens is 3. The van der Waals surface area contributed by atoms with Gasteiger partial charge in [0.05, 0.1) is 11.1 Å². The Kier molecular flexibility index (Phi) is 3.38. The molecule has 2 aromatic carbocycles. The maximum absolute atomic E-state index is 13.0. The van der Waals surface area contributed by atoms with Gasteiger partial charge in [0.1, 0.15) is 0 Å². The Hall–Kier alpha value is -2.40. The van der Waals surface area contributed by atoms with Crippen molar-refractivity contribution in [3.8, 4) is 0 Å². The van der Waals surface area contributed by atoms with Crippen LogP contribution in [0.2, 0.25) is 0 Å². The van der Waals surface area contributed by atoms with Crippen LogP contribution in [0.15, 0.2) is 48.5 Å². The van der Waals surface area contributed by atoms with Crippen molar-refractivity contribution in [2.24, 2.45) is 0 Å². The van der Waals surface area contributed by atoms with Gasteiger partial charge in [0.15, 0.2) is 0 Å².